The first-order valence-electron chi connectivity index (χ1n) is 5.69. The van der Waals surface area contributed by atoms with E-state index >= 15 is 0 Å². The molecule has 0 saturated carbocycles. The summed E-state index contributed by atoms with van der Waals surface area (Å²) in [6, 6.07) is 6.07. The van der Waals surface area contributed by atoms with E-state index in [1.165, 1.54) is 16.7 Å². The maximum atomic E-state index is 11.6. The molecule has 16 heavy (non-hydrogen) atoms. The summed E-state index contributed by atoms with van der Waals surface area (Å²) in [5.41, 5.74) is 3.84. The molecule has 0 amide bonds. The Morgan fingerprint density at radius 2 is 2.38 bits per heavy atom. The van der Waals surface area contributed by atoms with E-state index in [0.29, 0.717) is 6.61 Å². The summed E-state index contributed by atoms with van der Waals surface area (Å²) < 4.78 is 5.03. The van der Waals surface area contributed by atoms with Crippen molar-refractivity contribution in [3.63, 3.8) is 0 Å². The van der Waals surface area contributed by atoms with Crippen LogP contribution >= 0.6 is 0 Å². The second kappa shape index (κ2) is 4.66. The van der Waals surface area contributed by atoms with Crippen LogP contribution in [-0.2, 0) is 22.5 Å². The Labute approximate surface area is 95.8 Å². The summed E-state index contributed by atoms with van der Waals surface area (Å²) in [6.45, 7) is 5.12. The van der Waals surface area contributed by atoms with Crippen molar-refractivity contribution in [1.82, 2.24) is 5.32 Å². The van der Waals surface area contributed by atoms with Crippen LogP contribution in [0.5, 0.6) is 0 Å². The van der Waals surface area contributed by atoms with E-state index in [0.717, 1.165) is 13.0 Å². The molecule has 0 aliphatic carbocycles. The third-order valence-electron chi connectivity index (χ3n) is 3.03. The summed E-state index contributed by atoms with van der Waals surface area (Å²) in [4.78, 5) is 11.6. The van der Waals surface area contributed by atoms with Gasteiger partial charge >= 0.3 is 5.97 Å². The molecule has 0 unspecified atom stereocenters. The lowest BCUT2D eigenvalue weighted by Gasteiger charge is -2.25. The van der Waals surface area contributed by atoms with E-state index in [-0.39, 0.29) is 12.0 Å². The molecular weight excluding hydrogens is 202 g/mol. The molecule has 0 saturated heterocycles. The monoisotopic (exact) mass is 219 g/mol. The van der Waals surface area contributed by atoms with Gasteiger partial charge in [-0.15, -0.1) is 0 Å². The number of nitrogens with one attached hydrogen (secondary N) is 1. The molecule has 1 aromatic rings. The first kappa shape index (κ1) is 11.1. The summed E-state index contributed by atoms with van der Waals surface area (Å²) in [7, 11) is 0. The lowest BCUT2D eigenvalue weighted by molar-refractivity contribution is -0.145. The zero-order valence-corrected chi connectivity index (χ0v) is 9.75. The van der Waals surface area contributed by atoms with Crippen molar-refractivity contribution in [2.45, 2.75) is 32.9 Å². The van der Waals surface area contributed by atoms with E-state index < -0.39 is 0 Å². The van der Waals surface area contributed by atoms with Crippen LogP contribution in [0.2, 0.25) is 0 Å². The van der Waals surface area contributed by atoms with E-state index in [1.54, 1.807) is 0 Å². The minimum absolute atomic E-state index is 0.142. The normalized spacial score (nSPS) is 19.0. The van der Waals surface area contributed by atoms with Gasteiger partial charge in [0, 0.05) is 6.54 Å². The maximum absolute atomic E-state index is 11.6. The highest BCUT2D eigenvalue weighted by Gasteiger charge is 2.25. The Kier molecular flexibility index (Phi) is 3.25. The Morgan fingerprint density at radius 1 is 1.56 bits per heavy atom. The van der Waals surface area contributed by atoms with Crippen molar-refractivity contribution < 1.29 is 9.53 Å². The number of ether oxygens (including phenoxy) is 1. The molecule has 0 aromatic heterocycles. The second-order valence-corrected chi connectivity index (χ2v) is 4.10. The van der Waals surface area contributed by atoms with Gasteiger partial charge in [0.25, 0.3) is 0 Å². The molecule has 1 aliphatic rings. The number of esters is 1. The number of aryl methyl sites for hydroxylation is 1. The van der Waals surface area contributed by atoms with Crippen LogP contribution in [0, 0.1) is 6.92 Å². The molecule has 0 spiro atoms. The summed E-state index contributed by atoms with van der Waals surface area (Å²) in [6.07, 6.45) is 0.737. The molecule has 1 aromatic carbocycles. The number of benzene rings is 1. The zero-order valence-electron chi connectivity index (χ0n) is 9.75. The number of carbonyl (C=O) groups excluding carboxylic acids is 1. The highest BCUT2D eigenvalue weighted by molar-refractivity contribution is 5.76. The van der Waals surface area contributed by atoms with E-state index in [4.69, 9.17) is 4.74 Å². The van der Waals surface area contributed by atoms with E-state index in [2.05, 4.69) is 30.4 Å². The SMILES string of the molecule is CCOC(=O)[C@H]1Cc2c(C)cccc2CN1. The number of carbonyl (C=O) groups is 1. The van der Waals surface area contributed by atoms with Crippen LogP contribution in [0.1, 0.15) is 23.6 Å². The Balaban J connectivity index is 2.17. The average Bonchev–Trinajstić information content (AvgIpc) is 2.29. The fourth-order valence-corrected chi connectivity index (χ4v) is 2.14. The highest BCUT2D eigenvalue weighted by Crippen LogP contribution is 2.20. The van der Waals surface area contributed by atoms with E-state index in [1.807, 2.05) is 6.92 Å². The Morgan fingerprint density at radius 3 is 3.12 bits per heavy atom. The predicted octanol–water partition coefficient (Wildman–Crippen LogP) is 1.57. The first-order valence-corrected chi connectivity index (χ1v) is 5.69. The number of hydrogen-bond donors (Lipinski definition) is 1. The third-order valence-corrected chi connectivity index (χ3v) is 3.03. The molecule has 1 N–H and O–H groups in total. The van der Waals surface area contributed by atoms with Gasteiger partial charge < -0.3 is 10.1 Å². The summed E-state index contributed by atoms with van der Waals surface area (Å²) >= 11 is 0. The minimum atomic E-state index is -0.187. The molecule has 0 fully saturated rings. The molecule has 3 heteroatoms. The lowest BCUT2D eigenvalue weighted by Crippen LogP contribution is -2.43. The van der Waals surface area contributed by atoms with Crippen LogP contribution in [0.3, 0.4) is 0 Å². The minimum Gasteiger partial charge on any atom is -0.465 e. The summed E-state index contributed by atoms with van der Waals surface area (Å²) in [5.74, 6) is -0.142. The predicted molar refractivity (Wildman–Crippen MR) is 62.1 cm³/mol. The van der Waals surface area contributed by atoms with Gasteiger partial charge in [-0.05, 0) is 37.0 Å². The molecule has 3 nitrogen and oxygen atoms in total. The number of fused-ring (bicyclic) bond motifs is 1. The van der Waals surface area contributed by atoms with Crippen LogP contribution in [-0.4, -0.2) is 18.6 Å². The molecule has 86 valence electrons. The highest BCUT2D eigenvalue weighted by atomic mass is 16.5. The Hall–Kier alpha value is -1.35. The second-order valence-electron chi connectivity index (χ2n) is 4.10. The van der Waals surface area contributed by atoms with Crippen molar-refractivity contribution in [1.29, 1.82) is 0 Å². The lowest BCUT2D eigenvalue weighted by atomic mass is 9.92. The van der Waals surface area contributed by atoms with Gasteiger partial charge in [-0.1, -0.05) is 18.2 Å². The van der Waals surface area contributed by atoms with Crippen molar-refractivity contribution in [2.24, 2.45) is 0 Å². The largest absolute Gasteiger partial charge is 0.465 e. The van der Waals surface area contributed by atoms with Gasteiger partial charge in [0.1, 0.15) is 6.04 Å². The van der Waals surface area contributed by atoms with Gasteiger partial charge in [0.15, 0.2) is 0 Å². The van der Waals surface area contributed by atoms with Gasteiger partial charge in [0.05, 0.1) is 6.61 Å². The molecule has 2 rings (SSSR count). The molecule has 0 bridgehead atoms. The summed E-state index contributed by atoms with van der Waals surface area (Å²) in [5, 5.41) is 3.21. The van der Waals surface area contributed by atoms with Crippen molar-refractivity contribution >= 4 is 5.97 Å². The molecule has 0 radical (unpaired) electrons. The molecule has 1 heterocycles. The number of rotatable bonds is 2. The third kappa shape index (κ3) is 2.09. The fraction of sp³-hybridized carbons (Fsp3) is 0.462. The van der Waals surface area contributed by atoms with Crippen molar-refractivity contribution in [3.05, 3.63) is 34.9 Å². The van der Waals surface area contributed by atoms with Crippen molar-refractivity contribution in [2.75, 3.05) is 6.61 Å². The van der Waals surface area contributed by atoms with Gasteiger partial charge in [-0.2, -0.15) is 0 Å². The smallest absolute Gasteiger partial charge is 0.323 e. The van der Waals surface area contributed by atoms with Crippen LogP contribution in [0.15, 0.2) is 18.2 Å². The van der Waals surface area contributed by atoms with Crippen LogP contribution in [0.25, 0.3) is 0 Å². The Bertz CT molecular complexity index is 401. The zero-order chi connectivity index (χ0) is 11.5. The van der Waals surface area contributed by atoms with Crippen molar-refractivity contribution in [3.8, 4) is 0 Å². The number of hydrogen-bond acceptors (Lipinski definition) is 3. The topological polar surface area (TPSA) is 38.3 Å². The fourth-order valence-electron chi connectivity index (χ4n) is 2.14. The average molecular weight is 219 g/mol. The molecule has 1 atom stereocenters. The van der Waals surface area contributed by atoms with Gasteiger partial charge in [0.2, 0.25) is 0 Å². The molecular formula is C13H17NO2. The maximum Gasteiger partial charge on any atom is 0.323 e. The van der Waals surface area contributed by atoms with Gasteiger partial charge in [-0.25, -0.2) is 0 Å². The quantitative estimate of drug-likeness (QED) is 0.767. The molecule has 1 aliphatic heterocycles. The van der Waals surface area contributed by atoms with Gasteiger partial charge in [-0.3, -0.25) is 4.79 Å². The van der Waals surface area contributed by atoms with Crippen LogP contribution in [0.4, 0.5) is 0 Å². The first-order chi connectivity index (χ1) is 7.72. The standard InChI is InChI=1S/C13H17NO2/c1-3-16-13(15)12-7-11-9(2)5-4-6-10(11)8-14-12/h4-6,12,14H,3,7-8H2,1-2H3/t12-/m1/s1. The van der Waals surface area contributed by atoms with Crippen LogP contribution < -0.4 is 5.32 Å². The van der Waals surface area contributed by atoms with E-state index in [9.17, 15) is 4.79 Å².